The van der Waals surface area contributed by atoms with Crippen molar-refractivity contribution in [2.75, 3.05) is 6.61 Å². The number of rotatable bonds is 3. The lowest BCUT2D eigenvalue weighted by Gasteiger charge is -2.25. The van der Waals surface area contributed by atoms with Crippen LogP contribution in [0.2, 0.25) is 0 Å². The number of benzene rings is 2. The summed E-state index contributed by atoms with van der Waals surface area (Å²) in [6, 6.07) is 17.7. The summed E-state index contributed by atoms with van der Waals surface area (Å²) in [7, 11) is -1.22. The molecule has 1 aliphatic rings. The fraction of sp³-hybridized carbons (Fsp3) is 0.190. The van der Waals surface area contributed by atoms with Crippen molar-refractivity contribution < 1.29 is 13.7 Å². The SMILES string of the molecule is CCOC(=O)c1cc2c(s1)-c1cc(C)ccc1S(=O)C2c1ccccc1. The minimum Gasteiger partial charge on any atom is -0.462 e. The summed E-state index contributed by atoms with van der Waals surface area (Å²) in [5.41, 5.74) is 4.01. The Kier molecular flexibility index (Phi) is 4.51. The van der Waals surface area contributed by atoms with E-state index < -0.39 is 10.8 Å². The first kappa shape index (κ1) is 17.2. The summed E-state index contributed by atoms with van der Waals surface area (Å²) in [4.78, 5) is 14.7. The minimum absolute atomic E-state index is 0.277. The highest BCUT2D eigenvalue weighted by molar-refractivity contribution is 7.85. The third-order valence-corrected chi connectivity index (χ3v) is 7.34. The second kappa shape index (κ2) is 6.82. The average Bonchev–Trinajstić information content (AvgIpc) is 3.08. The molecule has 2 heterocycles. The van der Waals surface area contributed by atoms with Gasteiger partial charge in [-0.15, -0.1) is 11.3 Å². The standard InChI is InChI=1S/C21H18O3S2/c1-3-24-21(22)17-12-16-19(25-17)15-11-13(2)9-10-18(15)26(23)20(16)14-7-5-4-6-8-14/h4-12,20H,3H2,1-2H3. The highest BCUT2D eigenvalue weighted by Crippen LogP contribution is 2.49. The Balaban J connectivity index is 1.94. The molecule has 0 saturated heterocycles. The highest BCUT2D eigenvalue weighted by atomic mass is 32.2. The number of carbonyl (C=O) groups excluding carboxylic acids is 1. The van der Waals surface area contributed by atoms with Crippen molar-refractivity contribution in [1.29, 1.82) is 0 Å². The van der Waals surface area contributed by atoms with Crippen LogP contribution >= 0.6 is 11.3 Å². The molecule has 1 aliphatic heterocycles. The van der Waals surface area contributed by atoms with Gasteiger partial charge in [0.25, 0.3) is 0 Å². The van der Waals surface area contributed by atoms with Gasteiger partial charge in [-0.3, -0.25) is 4.21 Å². The van der Waals surface area contributed by atoms with Crippen LogP contribution in [0, 0.1) is 6.92 Å². The van der Waals surface area contributed by atoms with E-state index in [2.05, 4.69) is 6.07 Å². The summed E-state index contributed by atoms with van der Waals surface area (Å²) >= 11 is 1.43. The third-order valence-electron chi connectivity index (χ3n) is 4.43. The highest BCUT2D eigenvalue weighted by Gasteiger charge is 2.35. The Bertz CT molecular complexity index is 1010. The number of fused-ring (bicyclic) bond motifs is 3. The third kappa shape index (κ3) is 2.81. The zero-order chi connectivity index (χ0) is 18.3. The lowest BCUT2D eigenvalue weighted by atomic mass is 10.00. The van der Waals surface area contributed by atoms with Gasteiger partial charge in [0.2, 0.25) is 0 Å². The Morgan fingerprint density at radius 1 is 1.15 bits per heavy atom. The van der Waals surface area contributed by atoms with Crippen LogP contribution in [0.1, 0.15) is 38.5 Å². The molecule has 3 aromatic rings. The summed E-state index contributed by atoms with van der Waals surface area (Å²) in [5, 5.41) is -0.277. The number of carbonyl (C=O) groups is 1. The van der Waals surface area contributed by atoms with Gasteiger partial charge in [0.15, 0.2) is 0 Å². The maximum atomic E-state index is 13.4. The molecule has 5 heteroatoms. The Morgan fingerprint density at radius 2 is 1.92 bits per heavy atom. The van der Waals surface area contributed by atoms with Gasteiger partial charge < -0.3 is 4.74 Å². The summed E-state index contributed by atoms with van der Waals surface area (Å²) in [6.07, 6.45) is 0. The molecule has 1 aromatic heterocycles. The molecular weight excluding hydrogens is 364 g/mol. The van der Waals surface area contributed by atoms with Gasteiger partial charge in [-0.2, -0.15) is 0 Å². The average molecular weight is 383 g/mol. The van der Waals surface area contributed by atoms with Crippen molar-refractivity contribution in [3.63, 3.8) is 0 Å². The quantitative estimate of drug-likeness (QED) is 0.591. The van der Waals surface area contributed by atoms with E-state index in [-0.39, 0.29) is 11.2 Å². The summed E-state index contributed by atoms with van der Waals surface area (Å²) < 4.78 is 18.6. The molecule has 0 bridgehead atoms. The van der Waals surface area contributed by atoms with Gasteiger partial charge in [0.1, 0.15) is 4.88 Å². The Labute approximate surface area is 159 Å². The maximum Gasteiger partial charge on any atom is 0.348 e. The molecule has 0 fully saturated rings. The fourth-order valence-electron chi connectivity index (χ4n) is 3.28. The maximum absolute atomic E-state index is 13.4. The van der Waals surface area contributed by atoms with Crippen LogP contribution < -0.4 is 0 Å². The smallest absolute Gasteiger partial charge is 0.348 e. The van der Waals surface area contributed by atoms with Crippen molar-refractivity contribution >= 4 is 28.1 Å². The molecule has 0 amide bonds. The number of esters is 1. The molecule has 0 N–H and O–H groups in total. The van der Waals surface area contributed by atoms with E-state index in [4.69, 9.17) is 4.74 Å². The van der Waals surface area contributed by atoms with Crippen molar-refractivity contribution in [2.45, 2.75) is 24.0 Å². The molecule has 0 spiro atoms. The number of thiophene rings is 1. The molecule has 0 aliphatic carbocycles. The van der Waals surface area contributed by atoms with E-state index >= 15 is 0 Å². The lowest BCUT2D eigenvalue weighted by Crippen LogP contribution is -2.14. The Hall–Kier alpha value is -2.24. The molecule has 2 atom stereocenters. The number of hydrogen-bond donors (Lipinski definition) is 0. The molecular formula is C21H18O3S2. The van der Waals surface area contributed by atoms with Gasteiger partial charge in [-0.1, -0.05) is 42.0 Å². The van der Waals surface area contributed by atoms with E-state index in [1.54, 1.807) is 6.92 Å². The number of aryl methyl sites for hydroxylation is 1. The first-order chi connectivity index (χ1) is 12.6. The molecule has 2 aromatic carbocycles. The summed E-state index contributed by atoms with van der Waals surface area (Å²) in [5.74, 6) is -0.321. The van der Waals surface area contributed by atoms with Gasteiger partial charge in [-0.25, -0.2) is 4.79 Å². The number of ether oxygens (including phenoxy) is 1. The van der Waals surface area contributed by atoms with Crippen LogP contribution in [-0.2, 0) is 15.5 Å². The van der Waals surface area contributed by atoms with Crippen LogP contribution in [0.25, 0.3) is 10.4 Å². The fourth-order valence-corrected chi connectivity index (χ4v) is 6.20. The zero-order valence-electron chi connectivity index (χ0n) is 14.5. The van der Waals surface area contributed by atoms with E-state index in [1.165, 1.54) is 11.3 Å². The predicted octanol–water partition coefficient (Wildman–Crippen LogP) is 5.11. The van der Waals surface area contributed by atoms with Crippen molar-refractivity contribution in [3.8, 4) is 10.4 Å². The second-order valence-corrected chi connectivity index (χ2v) is 8.76. The Morgan fingerprint density at radius 3 is 2.65 bits per heavy atom. The van der Waals surface area contributed by atoms with Crippen LogP contribution in [0.15, 0.2) is 59.5 Å². The van der Waals surface area contributed by atoms with Crippen molar-refractivity contribution in [3.05, 3.63) is 76.2 Å². The van der Waals surface area contributed by atoms with Gasteiger partial charge in [0.05, 0.1) is 22.7 Å². The monoisotopic (exact) mass is 382 g/mol. The van der Waals surface area contributed by atoms with E-state index in [0.29, 0.717) is 11.5 Å². The van der Waals surface area contributed by atoms with Crippen LogP contribution in [-0.4, -0.2) is 16.8 Å². The number of hydrogen-bond acceptors (Lipinski definition) is 4. The molecule has 26 heavy (non-hydrogen) atoms. The molecule has 0 saturated carbocycles. The second-order valence-electron chi connectivity index (χ2n) is 6.20. The zero-order valence-corrected chi connectivity index (χ0v) is 16.2. The normalized spacial score (nSPS) is 18.1. The lowest BCUT2D eigenvalue weighted by molar-refractivity contribution is 0.0532. The topological polar surface area (TPSA) is 43.4 Å². The van der Waals surface area contributed by atoms with Crippen LogP contribution in [0.5, 0.6) is 0 Å². The van der Waals surface area contributed by atoms with Gasteiger partial charge >= 0.3 is 5.97 Å². The first-order valence-electron chi connectivity index (χ1n) is 8.47. The van der Waals surface area contributed by atoms with Gasteiger partial charge in [0, 0.05) is 15.3 Å². The minimum atomic E-state index is -1.22. The molecule has 4 rings (SSSR count). The van der Waals surface area contributed by atoms with E-state index in [1.807, 2.05) is 55.5 Å². The van der Waals surface area contributed by atoms with Crippen LogP contribution in [0.4, 0.5) is 0 Å². The molecule has 2 unspecified atom stereocenters. The summed E-state index contributed by atoms with van der Waals surface area (Å²) in [6.45, 7) is 4.16. The van der Waals surface area contributed by atoms with Crippen molar-refractivity contribution in [1.82, 2.24) is 0 Å². The van der Waals surface area contributed by atoms with E-state index in [9.17, 15) is 9.00 Å². The first-order valence-corrected chi connectivity index (χ1v) is 10.5. The predicted molar refractivity (Wildman–Crippen MR) is 105 cm³/mol. The van der Waals surface area contributed by atoms with E-state index in [0.717, 1.165) is 32.0 Å². The van der Waals surface area contributed by atoms with Gasteiger partial charge in [-0.05, 0) is 43.2 Å². The molecule has 132 valence electrons. The molecule has 3 nitrogen and oxygen atoms in total. The van der Waals surface area contributed by atoms with Crippen molar-refractivity contribution in [2.24, 2.45) is 0 Å². The van der Waals surface area contributed by atoms with Crippen LogP contribution in [0.3, 0.4) is 0 Å². The largest absolute Gasteiger partial charge is 0.462 e. The molecule has 0 radical (unpaired) electrons.